The summed E-state index contributed by atoms with van der Waals surface area (Å²) in [5.41, 5.74) is 0.840. The monoisotopic (exact) mass is 375 g/mol. The molecule has 19 heavy (non-hydrogen) atoms. The van der Waals surface area contributed by atoms with Crippen molar-refractivity contribution in [2.24, 2.45) is 0 Å². The van der Waals surface area contributed by atoms with E-state index in [1.807, 2.05) is 24.3 Å². The summed E-state index contributed by atoms with van der Waals surface area (Å²) in [6.45, 7) is 4.97. The molecule has 1 fully saturated rings. The van der Waals surface area contributed by atoms with Gasteiger partial charge < -0.3 is 15.4 Å². The molecule has 2 amide bonds. The number of anilines is 1. The molecule has 0 aromatic heterocycles. The van der Waals surface area contributed by atoms with E-state index in [9.17, 15) is 4.79 Å². The summed E-state index contributed by atoms with van der Waals surface area (Å²) in [6.07, 6.45) is 0. The number of carbonyl (C=O) groups excluding carboxylic acids is 1. The number of nitrogens with one attached hydrogen (secondary N) is 2. The summed E-state index contributed by atoms with van der Waals surface area (Å²) in [7, 11) is 0. The minimum atomic E-state index is -0.155. The molecule has 2 rings (SSSR count). The second kappa shape index (κ2) is 7.66. The molecule has 0 atom stereocenters. The van der Waals surface area contributed by atoms with Gasteiger partial charge in [-0.05, 0) is 34.7 Å². The highest BCUT2D eigenvalue weighted by molar-refractivity contribution is 14.1. The first-order valence-electron chi connectivity index (χ1n) is 6.35. The van der Waals surface area contributed by atoms with Crippen molar-refractivity contribution in [3.05, 3.63) is 27.8 Å². The summed E-state index contributed by atoms with van der Waals surface area (Å²) in [4.78, 5) is 14.0. The number of hydrogen-bond donors (Lipinski definition) is 2. The fourth-order valence-electron chi connectivity index (χ4n) is 1.88. The molecule has 0 aliphatic carbocycles. The predicted octanol–water partition coefficient (Wildman–Crippen LogP) is 1.74. The summed E-state index contributed by atoms with van der Waals surface area (Å²) in [5.74, 6) is 0. The summed E-state index contributed by atoms with van der Waals surface area (Å²) in [5, 5.41) is 5.72. The zero-order chi connectivity index (χ0) is 13.5. The number of benzene rings is 1. The third-order valence-corrected chi connectivity index (χ3v) is 3.88. The van der Waals surface area contributed by atoms with Crippen LogP contribution in [0, 0.1) is 3.57 Å². The van der Waals surface area contributed by atoms with Crippen molar-refractivity contribution < 1.29 is 9.53 Å². The largest absolute Gasteiger partial charge is 0.379 e. The molecule has 1 aromatic carbocycles. The van der Waals surface area contributed by atoms with Gasteiger partial charge in [0.1, 0.15) is 0 Å². The van der Waals surface area contributed by atoms with Gasteiger partial charge in [-0.25, -0.2) is 4.79 Å². The average molecular weight is 375 g/mol. The molecule has 0 unspecified atom stereocenters. The van der Waals surface area contributed by atoms with Gasteiger partial charge in [0.15, 0.2) is 0 Å². The second-order valence-corrected chi connectivity index (χ2v) is 5.48. The predicted molar refractivity (Wildman–Crippen MR) is 83.4 cm³/mol. The molecular formula is C13H18IN3O2. The van der Waals surface area contributed by atoms with Crippen LogP contribution in [0.1, 0.15) is 0 Å². The molecule has 2 N–H and O–H groups in total. The minimum absolute atomic E-state index is 0.155. The van der Waals surface area contributed by atoms with Crippen LogP contribution >= 0.6 is 22.6 Å². The van der Waals surface area contributed by atoms with Gasteiger partial charge >= 0.3 is 6.03 Å². The van der Waals surface area contributed by atoms with Crippen LogP contribution < -0.4 is 10.6 Å². The van der Waals surface area contributed by atoms with E-state index in [-0.39, 0.29) is 6.03 Å². The number of hydrogen-bond acceptors (Lipinski definition) is 3. The van der Waals surface area contributed by atoms with E-state index < -0.39 is 0 Å². The van der Waals surface area contributed by atoms with Crippen LogP contribution in [-0.2, 0) is 4.74 Å². The lowest BCUT2D eigenvalue weighted by molar-refractivity contribution is 0.0388. The van der Waals surface area contributed by atoms with Crippen molar-refractivity contribution in [3.63, 3.8) is 0 Å². The van der Waals surface area contributed by atoms with Gasteiger partial charge in [0.05, 0.1) is 18.9 Å². The zero-order valence-electron chi connectivity index (χ0n) is 10.7. The first-order chi connectivity index (χ1) is 9.25. The maximum atomic E-state index is 11.7. The standard InChI is InChI=1S/C13H18IN3O2/c14-11-3-1-2-4-12(11)16-13(18)15-5-6-17-7-9-19-10-8-17/h1-4H,5-10H2,(H2,15,16,18). The van der Waals surface area contributed by atoms with Crippen LogP contribution in [0.5, 0.6) is 0 Å². The molecule has 1 aromatic rings. The van der Waals surface area contributed by atoms with Crippen molar-refractivity contribution >= 4 is 34.3 Å². The third-order valence-electron chi connectivity index (χ3n) is 2.94. The van der Waals surface area contributed by atoms with E-state index >= 15 is 0 Å². The Balaban J connectivity index is 1.68. The van der Waals surface area contributed by atoms with Crippen molar-refractivity contribution in [1.82, 2.24) is 10.2 Å². The van der Waals surface area contributed by atoms with Crippen molar-refractivity contribution in [1.29, 1.82) is 0 Å². The topological polar surface area (TPSA) is 53.6 Å². The molecular weight excluding hydrogens is 357 g/mol. The first-order valence-corrected chi connectivity index (χ1v) is 7.43. The third kappa shape index (κ3) is 4.96. The van der Waals surface area contributed by atoms with E-state index in [2.05, 4.69) is 38.1 Å². The van der Waals surface area contributed by atoms with Crippen LogP contribution in [0.3, 0.4) is 0 Å². The fraction of sp³-hybridized carbons (Fsp3) is 0.462. The number of para-hydroxylation sites is 1. The highest BCUT2D eigenvalue weighted by Gasteiger charge is 2.10. The van der Waals surface area contributed by atoms with Crippen LogP contribution in [0.4, 0.5) is 10.5 Å². The number of rotatable bonds is 4. The number of urea groups is 1. The Morgan fingerprint density at radius 3 is 2.79 bits per heavy atom. The lowest BCUT2D eigenvalue weighted by Crippen LogP contribution is -2.42. The lowest BCUT2D eigenvalue weighted by atomic mass is 10.3. The van der Waals surface area contributed by atoms with Gasteiger partial charge in [-0.15, -0.1) is 0 Å². The van der Waals surface area contributed by atoms with Crippen molar-refractivity contribution in [2.45, 2.75) is 0 Å². The van der Waals surface area contributed by atoms with E-state index in [0.29, 0.717) is 6.54 Å². The molecule has 0 saturated carbocycles. The molecule has 1 aliphatic heterocycles. The molecule has 0 bridgehead atoms. The maximum absolute atomic E-state index is 11.7. The quantitative estimate of drug-likeness (QED) is 0.789. The Kier molecular flexibility index (Phi) is 5.87. The van der Waals surface area contributed by atoms with Crippen molar-refractivity contribution in [3.8, 4) is 0 Å². The number of nitrogens with zero attached hydrogens (tertiary/aromatic N) is 1. The molecule has 0 spiro atoms. The molecule has 1 heterocycles. The van der Waals surface area contributed by atoms with Gasteiger partial charge in [-0.2, -0.15) is 0 Å². The Labute approximate surface area is 126 Å². The van der Waals surface area contributed by atoms with Gasteiger partial charge in [0.25, 0.3) is 0 Å². The van der Waals surface area contributed by atoms with E-state index in [0.717, 1.165) is 42.1 Å². The maximum Gasteiger partial charge on any atom is 0.319 e. The Hall–Kier alpha value is -0.860. The Morgan fingerprint density at radius 2 is 2.05 bits per heavy atom. The number of halogens is 1. The van der Waals surface area contributed by atoms with E-state index in [1.54, 1.807) is 0 Å². The molecule has 0 radical (unpaired) electrons. The van der Waals surface area contributed by atoms with E-state index in [4.69, 9.17) is 4.74 Å². The van der Waals surface area contributed by atoms with Gasteiger partial charge in [-0.3, -0.25) is 4.90 Å². The molecule has 1 saturated heterocycles. The molecule has 104 valence electrons. The molecule has 1 aliphatic rings. The van der Waals surface area contributed by atoms with Crippen LogP contribution in [0.25, 0.3) is 0 Å². The first kappa shape index (κ1) is 14.5. The van der Waals surface area contributed by atoms with Crippen LogP contribution in [0.2, 0.25) is 0 Å². The smallest absolute Gasteiger partial charge is 0.319 e. The summed E-state index contributed by atoms with van der Waals surface area (Å²) >= 11 is 2.20. The van der Waals surface area contributed by atoms with Gasteiger partial charge in [-0.1, -0.05) is 12.1 Å². The minimum Gasteiger partial charge on any atom is -0.379 e. The zero-order valence-corrected chi connectivity index (χ0v) is 12.9. The second-order valence-electron chi connectivity index (χ2n) is 4.31. The van der Waals surface area contributed by atoms with E-state index in [1.165, 1.54) is 0 Å². The summed E-state index contributed by atoms with van der Waals surface area (Å²) in [6, 6.07) is 7.56. The normalized spacial score (nSPS) is 16.1. The number of carbonyl (C=O) groups is 1. The van der Waals surface area contributed by atoms with Crippen LogP contribution in [0.15, 0.2) is 24.3 Å². The average Bonchev–Trinajstić information content (AvgIpc) is 2.43. The number of morpholine rings is 1. The molecule has 5 nitrogen and oxygen atoms in total. The number of ether oxygens (including phenoxy) is 1. The number of amides is 2. The van der Waals surface area contributed by atoms with Crippen LogP contribution in [-0.4, -0.2) is 50.3 Å². The van der Waals surface area contributed by atoms with Gasteiger partial charge in [0.2, 0.25) is 0 Å². The van der Waals surface area contributed by atoms with Crippen molar-refractivity contribution in [2.75, 3.05) is 44.7 Å². The molecule has 6 heteroatoms. The highest BCUT2D eigenvalue weighted by Crippen LogP contribution is 2.16. The summed E-state index contributed by atoms with van der Waals surface area (Å²) < 4.78 is 6.31. The Bertz CT molecular complexity index is 422. The Morgan fingerprint density at radius 1 is 1.32 bits per heavy atom. The lowest BCUT2D eigenvalue weighted by Gasteiger charge is -2.26. The fourth-order valence-corrected chi connectivity index (χ4v) is 2.40. The highest BCUT2D eigenvalue weighted by atomic mass is 127. The SMILES string of the molecule is O=C(NCCN1CCOCC1)Nc1ccccc1I. The van der Waals surface area contributed by atoms with Gasteiger partial charge in [0, 0.05) is 29.7 Å².